The first-order valence-corrected chi connectivity index (χ1v) is 8.03. The van der Waals surface area contributed by atoms with Crippen molar-refractivity contribution in [1.82, 2.24) is 4.90 Å². The predicted octanol–water partition coefficient (Wildman–Crippen LogP) is 4.51. The number of nitrogens with zero attached hydrogens (tertiary/aromatic N) is 1. The zero-order valence-electron chi connectivity index (χ0n) is 11.4. The Hall–Kier alpha value is -0.770. The second-order valence-corrected chi connectivity index (χ2v) is 6.84. The van der Waals surface area contributed by atoms with Crippen LogP contribution in [0.2, 0.25) is 0 Å². The van der Waals surface area contributed by atoms with Crippen molar-refractivity contribution < 1.29 is 0 Å². The zero-order chi connectivity index (χ0) is 13.1. The van der Waals surface area contributed by atoms with Crippen LogP contribution in [0, 0.1) is 6.92 Å². The van der Waals surface area contributed by atoms with Gasteiger partial charge in [0.15, 0.2) is 0 Å². The molecule has 1 nitrogen and oxygen atoms in total. The molecule has 0 aliphatic rings. The number of hydrogen-bond acceptors (Lipinski definition) is 3. The maximum Gasteiger partial charge on any atom is 0.0605 e. The Morgan fingerprint density at radius 1 is 1.22 bits per heavy atom. The van der Waals surface area contributed by atoms with Crippen LogP contribution in [-0.2, 0) is 6.54 Å². The van der Waals surface area contributed by atoms with E-state index < -0.39 is 0 Å². The highest BCUT2D eigenvalue weighted by Gasteiger charge is 2.11. The van der Waals surface area contributed by atoms with Gasteiger partial charge in [-0.3, -0.25) is 0 Å². The van der Waals surface area contributed by atoms with Crippen LogP contribution in [0.25, 0.3) is 10.4 Å². The van der Waals surface area contributed by atoms with E-state index in [0.29, 0.717) is 0 Å². The summed E-state index contributed by atoms with van der Waals surface area (Å²) in [6, 6.07) is 11.0. The van der Waals surface area contributed by atoms with Crippen LogP contribution in [0.5, 0.6) is 0 Å². The summed E-state index contributed by atoms with van der Waals surface area (Å²) in [5.41, 5.74) is 4.17. The van der Waals surface area contributed by atoms with Gasteiger partial charge in [-0.15, -0.1) is 23.1 Å². The Labute approximate surface area is 118 Å². The minimum atomic E-state index is 0.988. The standard InChI is InChI=1S/C15H19NS2/c1-11-9-14(17-4)18-15(11)13-8-6-5-7-12(13)10-16(2)3/h5-9H,10H2,1-4H3. The van der Waals surface area contributed by atoms with Crippen LogP contribution >= 0.6 is 23.1 Å². The van der Waals surface area contributed by atoms with Gasteiger partial charge in [0.25, 0.3) is 0 Å². The normalized spacial score (nSPS) is 11.2. The number of thioether (sulfide) groups is 1. The van der Waals surface area contributed by atoms with E-state index in [4.69, 9.17) is 0 Å². The first-order chi connectivity index (χ1) is 8.61. The average Bonchev–Trinajstić information content (AvgIpc) is 2.70. The maximum absolute atomic E-state index is 2.29. The topological polar surface area (TPSA) is 3.24 Å². The molecule has 0 atom stereocenters. The molecule has 0 saturated heterocycles. The van der Waals surface area contributed by atoms with Gasteiger partial charge >= 0.3 is 0 Å². The van der Waals surface area contributed by atoms with Crippen LogP contribution in [0.3, 0.4) is 0 Å². The summed E-state index contributed by atoms with van der Waals surface area (Å²) in [5, 5.41) is 0. The Kier molecular flexibility index (Phi) is 4.49. The molecule has 0 aliphatic carbocycles. The van der Waals surface area contributed by atoms with Crippen LogP contribution in [0.15, 0.2) is 34.5 Å². The largest absolute Gasteiger partial charge is 0.305 e. The minimum Gasteiger partial charge on any atom is -0.305 e. The van der Waals surface area contributed by atoms with Gasteiger partial charge in [-0.25, -0.2) is 0 Å². The average molecular weight is 277 g/mol. The quantitative estimate of drug-likeness (QED) is 0.757. The Morgan fingerprint density at radius 3 is 2.56 bits per heavy atom. The number of hydrogen-bond donors (Lipinski definition) is 0. The summed E-state index contributed by atoms with van der Waals surface area (Å²) < 4.78 is 1.39. The van der Waals surface area contributed by atoms with Crippen LogP contribution in [-0.4, -0.2) is 25.3 Å². The summed E-state index contributed by atoms with van der Waals surface area (Å²) in [4.78, 5) is 3.63. The summed E-state index contributed by atoms with van der Waals surface area (Å²) in [6.07, 6.45) is 2.14. The number of thiophene rings is 1. The van der Waals surface area contributed by atoms with Crippen LogP contribution in [0.1, 0.15) is 11.1 Å². The van der Waals surface area contributed by atoms with Crippen molar-refractivity contribution in [2.45, 2.75) is 17.7 Å². The van der Waals surface area contributed by atoms with Gasteiger partial charge in [-0.2, -0.15) is 0 Å². The van der Waals surface area contributed by atoms with Gasteiger partial charge in [0.2, 0.25) is 0 Å². The highest BCUT2D eigenvalue weighted by molar-refractivity contribution is 8.00. The fourth-order valence-corrected chi connectivity index (χ4v) is 3.89. The molecule has 0 N–H and O–H groups in total. The fourth-order valence-electron chi connectivity index (χ4n) is 2.04. The zero-order valence-corrected chi connectivity index (χ0v) is 13.0. The summed E-state index contributed by atoms with van der Waals surface area (Å²) in [6.45, 7) is 3.19. The number of rotatable bonds is 4. The molecular formula is C15H19NS2. The molecule has 0 saturated carbocycles. The van der Waals surface area contributed by atoms with Crippen molar-refractivity contribution in [2.24, 2.45) is 0 Å². The van der Waals surface area contributed by atoms with E-state index in [-0.39, 0.29) is 0 Å². The molecule has 96 valence electrons. The fraction of sp³-hybridized carbons (Fsp3) is 0.333. The Morgan fingerprint density at radius 2 is 1.94 bits per heavy atom. The molecule has 0 radical (unpaired) electrons. The third-order valence-electron chi connectivity index (χ3n) is 2.84. The van der Waals surface area contributed by atoms with Crippen molar-refractivity contribution in [3.63, 3.8) is 0 Å². The first kappa shape index (κ1) is 13.7. The molecule has 0 spiro atoms. The lowest BCUT2D eigenvalue weighted by Crippen LogP contribution is -2.11. The van der Waals surface area contributed by atoms with E-state index >= 15 is 0 Å². The van der Waals surface area contributed by atoms with Gasteiger partial charge < -0.3 is 4.90 Å². The molecule has 2 rings (SSSR count). The molecule has 18 heavy (non-hydrogen) atoms. The number of benzene rings is 1. The molecule has 0 fully saturated rings. The Bertz CT molecular complexity index is 529. The van der Waals surface area contributed by atoms with Crippen LogP contribution < -0.4 is 0 Å². The molecule has 1 heterocycles. The summed E-state index contributed by atoms with van der Waals surface area (Å²) >= 11 is 3.72. The van der Waals surface area contributed by atoms with Crippen molar-refractivity contribution in [2.75, 3.05) is 20.4 Å². The third kappa shape index (κ3) is 2.97. The highest BCUT2D eigenvalue weighted by atomic mass is 32.2. The SMILES string of the molecule is CSc1cc(C)c(-c2ccccc2CN(C)C)s1. The van der Waals surface area contributed by atoms with Gasteiger partial charge in [-0.05, 0) is 50.0 Å². The predicted molar refractivity (Wildman–Crippen MR) is 83.7 cm³/mol. The molecule has 3 heteroatoms. The van der Waals surface area contributed by atoms with E-state index in [1.54, 1.807) is 0 Å². The molecule has 1 aromatic carbocycles. The lowest BCUT2D eigenvalue weighted by Gasteiger charge is -2.13. The van der Waals surface area contributed by atoms with Crippen molar-refractivity contribution in [1.29, 1.82) is 0 Å². The van der Waals surface area contributed by atoms with E-state index in [2.05, 4.69) is 62.5 Å². The molecule has 0 aliphatic heterocycles. The van der Waals surface area contributed by atoms with Crippen molar-refractivity contribution in [3.05, 3.63) is 41.5 Å². The molecule has 0 unspecified atom stereocenters. The molecule has 0 amide bonds. The van der Waals surface area contributed by atoms with E-state index in [1.807, 2.05) is 23.1 Å². The van der Waals surface area contributed by atoms with E-state index in [9.17, 15) is 0 Å². The highest BCUT2D eigenvalue weighted by Crippen LogP contribution is 2.38. The van der Waals surface area contributed by atoms with E-state index in [0.717, 1.165) is 6.54 Å². The second-order valence-electron chi connectivity index (χ2n) is 4.68. The molecule has 2 aromatic rings. The van der Waals surface area contributed by atoms with Crippen LogP contribution in [0.4, 0.5) is 0 Å². The van der Waals surface area contributed by atoms with Crippen molar-refractivity contribution in [3.8, 4) is 10.4 Å². The maximum atomic E-state index is 2.29. The molecule has 0 bridgehead atoms. The third-order valence-corrected chi connectivity index (χ3v) is 5.18. The molecular weight excluding hydrogens is 258 g/mol. The lowest BCUT2D eigenvalue weighted by atomic mass is 10.0. The molecule has 1 aromatic heterocycles. The first-order valence-electron chi connectivity index (χ1n) is 5.99. The smallest absolute Gasteiger partial charge is 0.0605 e. The minimum absolute atomic E-state index is 0.988. The van der Waals surface area contributed by atoms with Gasteiger partial charge in [0.1, 0.15) is 0 Å². The Balaban J connectivity index is 2.46. The lowest BCUT2D eigenvalue weighted by molar-refractivity contribution is 0.403. The summed E-state index contributed by atoms with van der Waals surface area (Å²) in [7, 11) is 4.23. The van der Waals surface area contributed by atoms with Gasteiger partial charge in [0.05, 0.1) is 4.21 Å². The van der Waals surface area contributed by atoms with E-state index in [1.165, 1.54) is 25.8 Å². The second kappa shape index (κ2) is 5.91. The monoisotopic (exact) mass is 277 g/mol. The van der Waals surface area contributed by atoms with Crippen molar-refractivity contribution >= 4 is 23.1 Å². The van der Waals surface area contributed by atoms with Gasteiger partial charge in [-0.1, -0.05) is 24.3 Å². The number of aryl methyl sites for hydroxylation is 1. The van der Waals surface area contributed by atoms with Gasteiger partial charge in [0, 0.05) is 11.4 Å². The summed E-state index contributed by atoms with van der Waals surface area (Å²) in [5.74, 6) is 0.